The number of benzene rings is 1. The predicted octanol–water partition coefficient (Wildman–Crippen LogP) is 3.18. The third-order valence-corrected chi connectivity index (χ3v) is 5.07. The number of aliphatic hydroxyl groups is 1. The van der Waals surface area contributed by atoms with Gasteiger partial charge in [-0.05, 0) is 18.6 Å². The largest absolute Gasteiger partial charge is 0.383 e. The minimum Gasteiger partial charge on any atom is -0.383 e. The molecule has 6 nitrogen and oxygen atoms in total. The Kier molecular flexibility index (Phi) is 5.25. The van der Waals surface area contributed by atoms with Crippen LogP contribution in [0.4, 0.5) is 14.5 Å². The first kappa shape index (κ1) is 18.0. The molecule has 0 saturated heterocycles. The molecule has 0 aliphatic carbocycles. The summed E-state index contributed by atoms with van der Waals surface area (Å²) in [6.45, 7) is 1.95. The van der Waals surface area contributed by atoms with Crippen LogP contribution in [-0.4, -0.2) is 26.4 Å². The highest BCUT2D eigenvalue weighted by Gasteiger charge is 2.26. The van der Waals surface area contributed by atoms with Crippen LogP contribution in [0.5, 0.6) is 0 Å². The van der Waals surface area contributed by atoms with E-state index in [0.29, 0.717) is 4.88 Å². The molecule has 0 amide bonds. The van der Waals surface area contributed by atoms with Gasteiger partial charge in [0.2, 0.25) is 0 Å². The van der Waals surface area contributed by atoms with Crippen LogP contribution in [-0.2, 0) is 0 Å². The van der Waals surface area contributed by atoms with Gasteiger partial charge in [0, 0.05) is 29.2 Å². The van der Waals surface area contributed by atoms with Crippen LogP contribution in [0.15, 0.2) is 36.2 Å². The standard InChI is InChI=1S/C17H15F2N5OS/c1-10-15(7-26-16(10)5-20)22-6-13(17(25)24-9-21-8-23-24)12-3-2-11(18)4-14(12)19/h2-4,7-9,13,17,22,25H,6H2,1H3/t13-,17?/m1/s1. The van der Waals surface area contributed by atoms with E-state index in [-0.39, 0.29) is 12.1 Å². The van der Waals surface area contributed by atoms with E-state index < -0.39 is 23.8 Å². The number of aliphatic hydroxyl groups excluding tert-OH is 1. The van der Waals surface area contributed by atoms with Gasteiger partial charge < -0.3 is 10.4 Å². The minimum atomic E-state index is -1.21. The molecule has 134 valence electrons. The molecule has 0 fully saturated rings. The average Bonchev–Trinajstić information content (AvgIpc) is 3.26. The normalized spacial score (nSPS) is 13.2. The molecule has 2 atom stereocenters. The van der Waals surface area contributed by atoms with Crippen molar-refractivity contribution in [1.82, 2.24) is 14.8 Å². The first-order valence-electron chi connectivity index (χ1n) is 7.70. The number of aromatic nitrogens is 3. The van der Waals surface area contributed by atoms with Gasteiger partial charge in [0.05, 0.1) is 5.92 Å². The number of halogens is 2. The van der Waals surface area contributed by atoms with E-state index in [4.69, 9.17) is 5.26 Å². The summed E-state index contributed by atoms with van der Waals surface area (Å²) in [5, 5.41) is 28.5. The lowest BCUT2D eigenvalue weighted by Crippen LogP contribution is -2.25. The number of nitrogens with zero attached hydrogens (tertiary/aromatic N) is 4. The van der Waals surface area contributed by atoms with Gasteiger partial charge in [-0.2, -0.15) is 10.4 Å². The summed E-state index contributed by atoms with van der Waals surface area (Å²) >= 11 is 1.30. The lowest BCUT2D eigenvalue weighted by Gasteiger charge is -2.24. The number of rotatable bonds is 6. The van der Waals surface area contributed by atoms with Crippen molar-refractivity contribution in [2.45, 2.75) is 19.1 Å². The molecule has 2 aromatic heterocycles. The summed E-state index contributed by atoms with van der Waals surface area (Å²) in [5.41, 5.74) is 1.66. The third-order valence-electron chi connectivity index (χ3n) is 4.08. The monoisotopic (exact) mass is 375 g/mol. The quantitative estimate of drug-likeness (QED) is 0.691. The molecule has 0 radical (unpaired) electrons. The maximum Gasteiger partial charge on any atom is 0.157 e. The molecular weight excluding hydrogens is 360 g/mol. The Bertz CT molecular complexity index is 935. The van der Waals surface area contributed by atoms with Crippen LogP contribution in [0, 0.1) is 29.9 Å². The van der Waals surface area contributed by atoms with Crippen molar-refractivity contribution in [2.75, 3.05) is 11.9 Å². The summed E-state index contributed by atoms with van der Waals surface area (Å²) in [7, 11) is 0. The molecule has 26 heavy (non-hydrogen) atoms. The van der Waals surface area contributed by atoms with Crippen LogP contribution in [0.1, 0.15) is 28.1 Å². The molecule has 0 aliphatic heterocycles. The Hall–Kier alpha value is -2.83. The summed E-state index contributed by atoms with van der Waals surface area (Å²) in [6, 6.07) is 5.32. The fraction of sp³-hybridized carbons (Fsp3) is 0.235. The van der Waals surface area contributed by atoms with Gasteiger partial charge in [-0.15, -0.1) is 11.3 Å². The zero-order chi connectivity index (χ0) is 18.7. The Balaban J connectivity index is 1.90. The molecule has 0 aliphatic rings. The fourth-order valence-electron chi connectivity index (χ4n) is 2.64. The topological polar surface area (TPSA) is 86.8 Å². The number of thiophene rings is 1. The molecule has 0 bridgehead atoms. The number of hydrogen-bond donors (Lipinski definition) is 2. The molecule has 1 aromatic carbocycles. The third kappa shape index (κ3) is 3.56. The fourth-order valence-corrected chi connectivity index (χ4v) is 3.47. The van der Waals surface area contributed by atoms with Crippen LogP contribution >= 0.6 is 11.3 Å². The lowest BCUT2D eigenvalue weighted by molar-refractivity contribution is 0.0636. The van der Waals surface area contributed by atoms with Crippen LogP contribution in [0.25, 0.3) is 0 Å². The molecular formula is C17H15F2N5OS. The Morgan fingerprint density at radius 2 is 2.23 bits per heavy atom. The van der Waals surface area contributed by atoms with Crippen molar-refractivity contribution < 1.29 is 13.9 Å². The molecule has 0 saturated carbocycles. The second-order valence-electron chi connectivity index (χ2n) is 5.66. The summed E-state index contributed by atoms with van der Waals surface area (Å²) < 4.78 is 28.8. The molecule has 3 rings (SSSR count). The van der Waals surface area contributed by atoms with Crippen molar-refractivity contribution in [3.05, 3.63) is 63.9 Å². The van der Waals surface area contributed by atoms with Gasteiger partial charge in [-0.3, -0.25) is 0 Å². The summed E-state index contributed by atoms with van der Waals surface area (Å²) in [6.07, 6.45) is 1.37. The van der Waals surface area contributed by atoms with Crippen LogP contribution in [0.3, 0.4) is 0 Å². The highest BCUT2D eigenvalue weighted by molar-refractivity contribution is 7.11. The smallest absolute Gasteiger partial charge is 0.157 e. The van der Waals surface area contributed by atoms with Gasteiger partial charge in [-0.25, -0.2) is 18.4 Å². The predicted molar refractivity (Wildman–Crippen MR) is 92.6 cm³/mol. The van der Waals surface area contributed by atoms with E-state index in [1.807, 2.05) is 0 Å². The van der Waals surface area contributed by atoms with E-state index in [1.165, 1.54) is 34.7 Å². The molecule has 2 N–H and O–H groups in total. The molecule has 9 heteroatoms. The summed E-state index contributed by atoms with van der Waals surface area (Å²) in [4.78, 5) is 4.36. The highest BCUT2D eigenvalue weighted by Crippen LogP contribution is 2.31. The second-order valence-corrected chi connectivity index (χ2v) is 6.54. The van der Waals surface area contributed by atoms with Gasteiger partial charge in [-0.1, -0.05) is 6.07 Å². The van der Waals surface area contributed by atoms with Crippen LogP contribution in [0.2, 0.25) is 0 Å². The maximum absolute atomic E-state index is 14.3. The minimum absolute atomic E-state index is 0.145. The van der Waals surface area contributed by atoms with E-state index in [0.717, 1.165) is 23.4 Å². The summed E-state index contributed by atoms with van der Waals surface area (Å²) in [5.74, 6) is -2.21. The Morgan fingerprint density at radius 1 is 1.42 bits per heavy atom. The molecule has 1 unspecified atom stereocenters. The van der Waals surface area contributed by atoms with Gasteiger partial charge in [0.15, 0.2) is 6.23 Å². The number of nitrogens with one attached hydrogen (secondary N) is 1. The number of nitriles is 1. The lowest BCUT2D eigenvalue weighted by atomic mass is 9.96. The SMILES string of the molecule is Cc1c(NC[C@H](c2ccc(F)cc2F)C(O)n2cncn2)csc1C#N. The van der Waals surface area contributed by atoms with Crippen molar-refractivity contribution in [2.24, 2.45) is 0 Å². The van der Waals surface area contributed by atoms with E-state index in [9.17, 15) is 13.9 Å². The molecule has 3 aromatic rings. The average molecular weight is 375 g/mol. The van der Waals surface area contributed by atoms with Crippen molar-refractivity contribution in [1.29, 1.82) is 5.26 Å². The molecule has 0 spiro atoms. The van der Waals surface area contributed by atoms with Crippen molar-refractivity contribution in [3.63, 3.8) is 0 Å². The first-order valence-corrected chi connectivity index (χ1v) is 8.58. The van der Waals surface area contributed by atoms with Gasteiger partial charge >= 0.3 is 0 Å². The van der Waals surface area contributed by atoms with E-state index in [2.05, 4.69) is 21.5 Å². The van der Waals surface area contributed by atoms with Gasteiger partial charge in [0.25, 0.3) is 0 Å². The zero-order valence-electron chi connectivity index (χ0n) is 13.7. The zero-order valence-corrected chi connectivity index (χ0v) is 14.5. The highest BCUT2D eigenvalue weighted by atomic mass is 32.1. The van der Waals surface area contributed by atoms with Crippen molar-refractivity contribution in [3.8, 4) is 6.07 Å². The maximum atomic E-state index is 14.3. The van der Waals surface area contributed by atoms with Crippen molar-refractivity contribution >= 4 is 17.0 Å². The van der Waals surface area contributed by atoms with E-state index in [1.54, 1.807) is 12.3 Å². The second kappa shape index (κ2) is 7.59. The number of anilines is 1. The Morgan fingerprint density at radius 3 is 2.85 bits per heavy atom. The van der Waals surface area contributed by atoms with E-state index >= 15 is 0 Å². The van der Waals surface area contributed by atoms with Gasteiger partial charge in [0.1, 0.15) is 35.2 Å². The first-order chi connectivity index (χ1) is 12.5. The number of hydrogen-bond acceptors (Lipinski definition) is 6. The Labute approximate surface area is 152 Å². The van der Waals surface area contributed by atoms with Crippen LogP contribution < -0.4 is 5.32 Å². The molecule has 2 heterocycles.